The van der Waals surface area contributed by atoms with Crippen LogP contribution in [-0.4, -0.2) is 36.6 Å². The van der Waals surface area contributed by atoms with Crippen LogP contribution in [0.5, 0.6) is 5.75 Å². The number of hydrogen-bond acceptors (Lipinski definition) is 4. The molecule has 1 aromatic rings. The fourth-order valence-corrected chi connectivity index (χ4v) is 1.55. The Hall–Kier alpha value is -0.810. The van der Waals surface area contributed by atoms with Gasteiger partial charge in [-0.2, -0.15) is 0 Å². The van der Waals surface area contributed by atoms with Crippen molar-refractivity contribution in [2.45, 2.75) is 12.6 Å². The summed E-state index contributed by atoms with van der Waals surface area (Å²) < 4.78 is 5.04. The molecule has 90 valence electrons. The van der Waals surface area contributed by atoms with E-state index in [1.165, 1.54) is 0 Å². The maximum Gasteiger partial charge on any atom is 0.137 e. The lowest BCUT2D eigenvalue weighted by molar-refractivity contribution is 0.170. The van der Waals surface area contributed by atoms with E-state index in [0.717, 1.165) is 5.56 Å². The van der Waals surface area contributed by atoms with E-state index in [9.17, 15) is 0 Å². The molecule has 0 aliphatic carbocycles. The lowest BCUT2D eigenvalue weighted by atomic mass is 10.2. The molecule has 1 aromatic carbocycles. The summed E-state index contributed by atoms with van der Waals surface area (Å²) in [5.41, 5.74) is 0.970. The molecule has 0 saturated heterocycles. The van der Waals surface area contributed by atoms with Crippen LogP contribution in [-0.2, 0) is 6.54 Å². The van der Waals surface area contributed by atoms with Crippen LogP contribution in [0.15, 0.2) is 18.2 Å². The third kappa shape index (κ3) is 3.64. The topological polar surface area (TPSA) is 61.7 Å². The second-order valence-electron chi connectivity index (χ2n) is 3.41. The number of hydrogen-bond donors (Lipinski definition) is 3. The van der Waals surface area contributed by atoms with Gasteiger partial charge in [-0.15, -0.1) is 0 Å². The third-order valence-corrected chi connectivity index (χ3v) is 2.55. The second kappa shape index (κ2) is 6.70. The zero-order valence-electron chi connectivity index (χ0n) is 9.11. The number of ether oxygens (including phenoxy) is 1. The van der Waals surface area contributed by atoms with E-state index in [1.807, 2.05) is 6.07 Å². The Bertz CT molecular complexity index is 329. The Balaban J connectivity index is 2.58. The van der Waals surface area contributed by atoms with Crippen LogP contribution in [0, 0.1) is 0 Å². The Labute approximate surface area is 99.8 Å². The maximum atomic E-state index is 8.87. The molecule has 3 N–H and O–H groups in total. The number of aliphatic hydroxyl groups is 2. The van der Waals surface area contributed by atoms with Crippen molar-refractivity contribution in [2.75, 3.05) is 20.3 Å². The summed E-state index contributed by atoms with van der Waals surface area (Å²) in [6.45, 7) is 0.344. The fraction of sp³-hybridized carbons (Fsp3) is 0.455. The van der Waals surface area contributed by atoms with E-state index < -0.39 is 0 Å². The average Bonchev–Trinajstić information content (AvgIpc) is 2.30. The van der Waals surface area contributed by atoms with E-state index in [4.69, 9.17) is 26.6 Å². The summed E-state index contributed by atoms with van der Waals surface area (Å²) >= 11 is 5.96. The standard InChI is InChI=1S/C11H16ClNO3/c1-16-11-3-2-8(4-10(11)12)5-13-9(6-14)7-15/h2-4,9,13-15H,5-7H2,1H3. The van der Waals surface area contributed by atoms with Crippen molar-refractivity contribution in [3.8, 4) is 5.75 Å². The highest BCUT2D eigenvalue weighted by atomic mass is 35.5. The Morgan fingerprint density at radius 2 is 2.06 bits per heavy atom. The van der Waals surface area contributed by atoms with Crippen LogP contribution >= 0.6 is 11.6 Å². The summed E-state index contributed by atoms with van der Waals surface area (Å²) in [7, 11) is 1.56. The first kappa shape index (κ1) is 13.3. The van der Waals surface area contributed by atoms with E-state index in [0.29, 0.717) is 17.3 Å². The van der Waals surface area contributed by atoms with Crippen LogP contribution in [0.3, 0.4) is 0 Å². The lowest BCUT2D eigenvalue weighted by Crippen LogP contribution is -2.35. The van der Waals surface area contributed by atoms with Crippen molar-refractivity contribution < 1.29 is 14.9 Å². The number of aliphatic hydroxyl groups excluding tert-OH is 2. The first-order chi connectivity index (χ1) is 7.71. The van der Waals surface area contributed by atoms with Gasteiger partial charge in [-0.05, 0) is 17.7 Å². The van der Waals surface area contributed by atoms with Crippen molar-refractivity contribution in [1.82, 2.24) is 5.32 Å². The van der Waals surface area contributed by atoms with Crippen LogP contribution in [0.1, 0.15) is 5.56 Å². The minimum atomic E-state index is -0.305. The number of halogens is 1. The molecule has 0 aliphatic heterocycles. The highest BCUT2D eigenvalue weighted by Crippen LogP contribution is 2.24. The molecule has 0 amide bonds. The van der Waals surface area contributed by atoms with Crippen molar-refractivity contribution in [3.63, 3.8) is 0 Å². The van der Waals surface area contributed by atoms with E-state index in [-0.39, 0.29) is 19.3 Å². The first-order valence-corrected chi connectivity index (χ1v) is 5.36. The minimum absolute atomic E-state index is 0.0968. The van der Waals surface area contributed by atoms with E-state index >= 15 is 0 Å². The Kier molecular flexibility index (Phi) is 5.55. The smallest absolute Gasteiger partial charge is 0.137 e. The molecule has 0 spiro atoms. The normalized spacial score (nSPS) is 10.8. The highest BCUT2D eigenvalue weighted by molar-refractivity contribution is 6.32. The van der Waals surface area contributed by atoms with Gasteiger partial charge in [0, 0.05) is 6.54 Å². The highest BCUT2D eigenvalue weighted by Gasteiger charge is 2.06. The minimum Gasteiger partial charge on any atom is -0.495 e. The van der Waals surface area contributed by atoms with Gasteiger partial charge in [-0.25, -0.2) is 0 Å². The number of rotatable bonds is 6. The molecule has 4 nitrogen and oxygen atoms in total. The average molecular weight is 246 g/mol. The molecule has 0 fully saturated rings. The molecule has 0 bridgehead atoms. The van der Waals surface area contributed by atoms with Crippen molar-refractivity contribution in [1.29, 1.82) is 0 Å². The molecule has 0 aromatic heterocycles. The summed E-state index contributed by atoms with van der Waals surface area (Å²) in [5.74, 6) is 0.631. The van der Waals surface area contributed by atoms with Crippen LogP contribution in [0.2, 0.25) is 5.02 Å². The second-order valence-corrected chi connectivity index (χ2v) is 3.82. The summed E-state index contributed by atoms with van der Waals surface area (Å²) in [4.78, 5) is 0. The van der Waals surface area contributed by atoms with Crippen LogP contribution < -0.4 is 10.1 Å². The van der Waals surface area contributed by atoms with Crippen molar-refractivity contribution in [3.05, 3.63) is 28.8 Å². The molecule has 5 heteroatoms. The molecule has 0 atom stereocenters. The van der Waals surface area contributed by atoms with Gasteiger partial charge in [-0.3, -0.25) is 0 Å². The number of methoxy groups -OCH3 is 1. The van der Waals surface area contributed by atoms with Crippen LogP contribution in [0.25, 0.3) is 0 Å². The molecular weight excluding hydrogens is 230 g/mol. The molecular formula is C11H16ClNO3. The molecule has 0 saturated carbocycles. The molecule has 1 rings (SSSR count). The fourth-order valence-electron chi connectivity index (χ4n) is 1.27. The van der Waals surface area contributed by atoms with Gasteiger partial charge in [0.1, 0.15) is 5.75 Å². The molecule has 16 heavy (non-hydrogen) atoms. The van der Waals surface area contributed by atoms with Crippen LogP contribution in [0.4, 0.5) is 0 Å². The molecule has 0 radical (unpaired) electrons. The Morgan fingerprint density at radius 1 is 1.38 bits per heavy atom. The monoisotopic (exact) mass is 245 g/mol. The predicted octanol–water partition coefficient (Wildman–Crippen LogP) is 0.791. The van der Waals surface area contributed by atoms with Gasteiger partial charge in [0.25, 0.3) is 0 Å². The summed E-state index contributed by atoms with van der Waals surface area (Å²) in [6.07, 6.45) is 0. The third-order valence-electron chi connectivity index (χ3n) is 2.25. The van der Waals surface area contributed by atoms with Crippen molar-refractivity contribution in [2.24, 2.45) is 0 Å². The number of nitrogens with one attached hydrogen (secondary N) is 1. The van der Waals surface area contributed by atoms with Gasteiger partial charge >= 0.3 is 0 Å². The zero-order chi connectivity index (χ0) is 12.0. The molecule has 0 unspecified atom stereocenters. The van der Waals surface area contributed by atoms with Gasteiger partial charge in [-0.1, -0.05) is 17.7 Å². The van der Waals surface area contributed by atoms with E-state index in [1.54, 1.807) is 19.2 Å². The summed E-state index contributed by atoms with van der Waals surface area (Å²) in [6, 6.07) is 5.15. The maximum absolute atomic E-state index is 8.87. The predicted molar refractivity (Wildman–Crippen MR) is 62.8 cm³/mol. The quantitative estimate of drug-likeness (QED) is 0.694. The molecule has 0 heterocycles. The van der Waals surface area contributed by atoms with Crippen molar-refractivity contribution >= 4 is 11.6 Å². The largest absolute Gasteiger partial charge is 0.495 e. The molecule has 0 aliphatic rings. The number of benzene rings is 1. The SMILES string of the molecule is COc1ccc(CNC(CO)CO)cc1Cl. The van der Waals surface area contributed by atoms with Gasteiger partial charge < -0.3 is 20.3 Å². The van der Waals surface area contributed by atoms with Gasteiger partial charge in [0.05, 0.1) is 31.4 Å². The summed E-state index contributed by atoms with van der Waals surface area (Å²) in [5, 5.41) is 21.3. The van der Waals surface area contributed by atoms with E-state index in [2.05, 4.69) is 5.32 Å². The first-order valence-electron chi connectivity index (χ1n) is 4.98. The Morgan fingerprint density at radius 3 is 2.56 bits per heavy atom. The zero-order valence-corrected chi connectivity index (χ0v) is 9.87. The van der Waals surface area contributed by atoms with Gasteiger partial charge in [0.2, 0.25) is 0 Å². The lowest BCUT2D eigenvalue weighted by Gasteiger charge is -2.13. The van der Waals surface area contributed by atoms with Gasteiger partial charge in [0.15, 0.2) is 0 Å².